The Morgan fingerprint density at radius 1 is 1.30 bits per heavy atom. The summed E-state index contributed by atoms with van der Waals surface area (Å²) >= 11 is 0. The number of rotatable bonds is 7. The van der Waals surface area contributed by atoms with Crippen LogP contribution in [0.2, 0.25) is 0 Å². The molecule has 0 aromatic carbocycles. The molecule has 0 aliphatic heterocycles. The second-order valence-electron chi connectivity index (χ2n) is 5.30. The molecule has 0 heterocycles. The highest BCUT2D eigenvalue weighted by Gasteiger charge is 2.23. The average Bonchev–Trinajstić information content (AvgIpc) is 2.34. The van der Waals surface area contributed by atoms with Crippen LogP contribution in [0.3, 0.4) is 0 Å². The molecule has 0 atom stereocenters. The Bertz CT molecular complexity index is 372. The number of carbonyl (C=O) groups excluding carboxylic acids is 3. The Hall–Kier alpha value is -1.85. The van der Waals surface area contributed by atoms with Crippen molar-refractivity contribution in [1.82, 2.24) is 10.2 Å². The van der Waals surface area contributed by atoms with E-state index in [4.69, 9.17) is 4.74 Å². The number of hydrogen-bond donors (Lipinski definition) is 1. The standard InChI is InChI=1S/C14H24N2O4/c1-6-8-16(10-12(18)20-7-2)11(17)9-15-13(19)14(3,4)5/h6H,1,7-10H2,2-5H3,(H,15,19). The molecule has 0 spiro atoms. The highest BCUT2D eigenvalue weighted by atomic mass is 16.5. The maximum absolute atomic E-state index is 12.0. The minimum atomic E-state index is -0.565. The third-order valence-electron chi connectivity index (χ3n) is 2.41. The Kier molecular flexibility index (Phi) is 7.57. The zero-order valence-corrected chi connectivity index (χ0v) is 12.7. The van der Waals surface area contributed by atoms with E-state index in [0.717, 1.165) is 0 Å². The van der Waals surface area contributed by atoms with Crippen LogP contribution in [0.5, 0.6) is 0 Å². The summed E-state index contributed by atoms with van der Waals surface area (Å²) in [5.41, 5.74) is -0.565. The monoisotopic (exact) mass is 284 g/mol. The molecule has 6 heteroatoms. The summed E-state index contributed by atoms with van der Waals surface area (Å²) in [5.74, 6) is -1.05. The van der Waals surface area contributed by atoms with E-state index >= 15 is 0 Å². The van der Waals surface area contributed by atoms with Crippen molar-refractivity contribution < 1.29 is 19.1 Å². The van der Waals surface area contributed by atoms with Crippen LogP contribution in [-0.2, 0) is 19.1 Å². The molecule has 0 aromatic rings. The maximum Gasteiger partial charge on any atom is 0.325 e. The molecule has 1 N–H and O–H groups in total. The molecular weight excluding hydrogens is 260 g/mol. The van der Waals surface area contributed by atoms with Crippen molar-refractivity contribution in [3.63, 3.8) is 0 Å². The van der Waals surface area contributed by atoms with Gasteiger partial charge in [-0.05, 0) is 6.92 Å². The molecule has 0 rings (SSSR count). The van der Waals surface area contributed by atoms with Gasteiger partial charge in [0.25, 0.3) is 0 Å². The summed E-state index contributed by atoms with van der Waals surface area (Å²) in [5, 5.41) is 2.55. The first-order valence-corrected chi connectivity index (χ1v) is 6.55. The van der Waals surface area contributed by atoms with Crippen LogP contribution in [0.25, 0.3) is 0 Å². The fourth-order valence-corrected chi connectivity index (χ4v) is 1.31. The van der Waals surface area contributed by atoms with Crippen LogP contribution < -0.4 is 5.32 Å². The van der Waals surface area contributed by atoms with Crippen LogP contribution in [0, 0.1) is 5.41 Å². The molecule has 0 fully saturated rings. The average molecular weight is 284 g/mol. The van der Waals surface area contributed by atoms with Gasteiger partial charge in [-0.25, -0.2) is 0 Å². The first-order valence-electron chi connectivity index (χ1n) is 6.55. The molecule has 6 nitrogen and oxygen atoms in total. The third-order valence-corrected chi connectivity index (χ3v) is 2.41. The van der Waals surface area contributed by atoms with Gasteiger partial charge in [0.05, 0.1) is 13.2 Å². The van der Waals surface area contributed by atoms with Crippen molar-refractivity contribution in [2.75, 3.05) is 26.2 Å². The number of hydrogen-bond acceptors (Lipinski definition) is 4. The van der Waals surface area contributed by atoms with Crippen molar-refractivity contribution in [1.29, 1.82) is 0 Å². The van der Waals surface area contributed by atoms with Gasteiger partial charge in [0.2, 0.25) is 11.8 Å². The molecule has 0 aliphatic rings. The molecule has 0 aliphatic carbocycles. The predicted molar refractivity (Wildman–Crippen MR) is 75.9 cm³/mol. The van der Waals surface area contributed by atoms with Gasteiger partial charge in [0.15, 0.2) is 0 Å². The zero-order valence-electron chi connectivity index (χ0n) is 12.7. The molecule has 0 saturated carbocycles. The van der Waals surface area contributed by atoms with Gasteiger partial charge >= 0.3 is 5.97 Å². The number of esters is 1. The summed E-state index contributed by atoms with van der Waals surface area (Å²) < 4.78 is 4.79. The highest BCUT2D eigenvalue weighted by molar-refractivity contribution is 5.88. The van der Waals surface area contributed by atoms with E-state index in [0.29, 0.717) is 0 Å². The van der Waals surface area contributed by atoms with Crippen molar-refractivity contribution in [2.45, 2.75) is 27.7 Å². The predicted octanol–water partition coefficient (Wildman–Crippen LogP) is 0.726. The first-order chi connectivity index (χ1) is 9.22. The minimum absolute atomic E-state index is 0.149. The molecule has 0 unspecified atom stereocenters. The Morgan fingerprint density at radius 2 is 1.90 bits per heavy atom. The van der Waals surface area contributed by atoms with Crippen LogP contribution >= 0.6 is 0 Å². The van der Waals surface area contributed by atoms with Gasteiger partial charge < -0.3 is 15.0 Å². The summed E-state index contributed by atoms with van der Waals surface area (Å²) in [7, 11) is 0. The largest absolute Gasteiger partial charge is 0.465 e. The lowest BCUT2D eigenvalue weighted by Gasteiger charge is -2.22. The fraction of sp³-hybridized carbons (Fsp3) is 0.643. The van der Waals surface area contributed by atoms with Crippen molar-refractivity contribution in [3.05, 3.63) is 12.7 Å². The van der Waals surface area contributed by atoms with E-state index in [9.17, 15) is 14.4 Å². The van der Waals surface area contributed by atoms with Crippen LogP contribution in [0.1, 0.15) is 27.7 Å². The summed E-state index contributed by atoms with van der Waals surface area (Å²) in [6.45, 7) is 10.7. The third kappa shape index (κ3) is 6.92. The van der Waals surface area contributed by atoms with E-state index < -0.39 is 11.4 Å². The summed E-state index contributed by atoms with van der Waals surface area (Å²) in [4.78, 5) is 36.3. The Labute approximate surface area is 120 Å². The van der Waals surface area contributed by atoms with Gasteiger partial charge in [-0.3, -0.25) is 14.4 Å². The smallest absolute Gasteiger partial charge is 0.325 e. The second-order valence-corrected chi connectivity index (χ2v) is 5.30. The number of ether oxygens (including phenoxy) is 1. The van der Waals surface area contributed by atoms with Crippen LogP contribution in [0.4, 0.5) is 0 Å². The normalized spacial score (nSPS) is 10.6. The highest BCUT2D eigenvalue weighted by Crippen LogP contribution is 2.12. The minimum Gasteiger partial charge on any atom is -0.465 e. The molecule has 0 bridgehead atoms. The molecule has 2 amide bonds. The van der Waals surface area contributed by atoms with Gasteiger partial charge in [0, 0.05) is 12.0 Å². The van der Waals surface area contributed by atoms with Crippen molar-refractivity contribution in [3.8, 4) is 0 Å². The SMILES string of the molecule is C=CCN(CC(=O)OCC)C(=O)CNC(=O)C(C)(C)C. The summed E-state index contributed by atoms with van der Waals surface area (Å²) in [6.07, 6.45) is 1.52. The molecule has 20 heavy (non-hydrogen) atoms. The Balaban J connectivity index is 4.46. The van der Waals surface area contributed by atoms with E-state index in [1.54, 1.807) is 27.7 Å². The van der Waals surface area contributed by atoms with E-state index in [1.165, 1.54) is 11.0 Å². The second kappa shape index (κ2) is 8.35. The lowest BCUT2D eigenvalue weighted by Crippen LogP contribution is -2.45. The molecule has 114 valence electrons. The van der Waals surface area contributed by atoms with Crippen LogP contribution in [-0.4, -0.2) is 48.9 Å². The number of nitrogens with zero attached hydrogens (tertiary/aromatic N) is 1. The number of amides is 2. The molecule has 0 aromatic heterocycles. The Morgan fingerprint density at radius 3 is 2.35 bits per heavy atom. The van der Waals surface area contributed by atoms with Crippen LogP contribution in [0.15, 0.2) is 12.7 Å². The molecular formula is C14H24N2O4. The summed E-state index contributed by atoms with van der Waals surface area (Å²) in [6, 6.07) is 0. The van der Waals surface area contributed by atoms with Crippen molar-refractivity contribution >= 4 is 17.8 Å². The quantitative estimate of drug-likeness (QED) is 0.552. The van der Waals surface area contributed by atoms with Crippen molar-refractivity contribution in [2.24, 2.45) is 5.41 Å². The van der Waals surface area contributed by atoms with E-state index in [2.05, 4.69) is 11.9 Å². The van der Waals surface area contributed by atoms with Gasteiger partial charge in [-0.1, -0.05) is 26.8 Å². The number of nitrogens with one attached hydrogen (secondary N) is 1. The lowest BCUT2D eigenvalue weighted by atomic mass is 9.96. The first kappa shape index (κ1) is 18.1. The fourth-order valence-electron chi connectivity index (χ4n) is 1.31. The molecule has 0 radical (unpaired) electrons. The number of carbonyl (C=O) groups is 3. The maximum atomic E-state index is 12.0. The van der Waals surface area contributed by atoms with Gasteiger partial charge in [-0.2, -0.15) is 0 Å². The van der Waals surface area contributed by atoms with E-state index in [-0.39, 0.29) is 38.1 Å². The zero-order chi connectivity index (χ0) is 15.8. The van der Waals surface area contributed by atoms with Gasteiger partial charge in [-0.15, -0.1) is 6.58 Å². The lowest BCUT2D eigenvalue weighted by molar-refractivity contribution is -0.148. The molecule has 0 saturated heterocycles. The topological polar surface area (TPSA) is 75.7 Å². The van der Waals surface area contributed by atoms with E-state index in [1.807, 2.05) is 0 Å². The van der Waals surface area contributed by atoms with Gasteiger partial charge in [0.1, 0.15) is 6.54 Å².